The van der Waals surface area contributed by atoms with Crippen LogP contribution in [0.2, 0.25) is 0 Å². The molecule has 19 heavy (non-hydrogen) atoms. The zero-order valence-corrected chi connectivity index (χ0v) is 10.5. The normalized spacial score (nSPS) is 11.9. The molecular weight excluding hydrogens is 240 g/mol. The number of hydrogen-bond acceptors (Lipinski definition) is 3. The molecule has 0 aliphatic rings. The Morgan fingerprint density at radius 1 is 1.05 bits per heavy atom. The second-order valence-electron chi connectivity index (χ2n) is 4.16. The molecule has 0 heterocycles. The summed E-state index contributed by atoms with van der Waals surface area (Å²) >= 11 is 0. The Balaban J connectivity index is 2.04. The van der Waals surface area contributed by atoms with Crippen molar-refractivity contribution in [2.45, 2.75) is 12.9 Å². The molecule has 0 spiro atoms. The molecule has 0 aliphatic carbocycles. The molecule has 0 aliphatic heterocycles. The van der Waals surface area contributed by atoms with Crippen LogP contribution in [-0.2, 0) is 11.3 Å². The van der Waals surface area contributed by atoms with Crippen molar-refractivity contribution < 1.29 is 14.9 Å². The van der Waals surface area contributed by atoms with Crippen LogP contribution in [0, 0.1) is 0 Å². The van der Waals surface area contributed by atoms with Crippen LogP contribution in [-0.4, -0.2) is 10.2 Å². The predicted molar refractivity (Wildman–Crippen MR) is 73.9 cm³/mol. The van der Waals surface area contributed by atoms with Gasteiger partial charge >= 0.3 is 0 Å². The summed E-state index contributed by atoms with van der Waals surface area (Å²) in [6.45, 7) is 3.78. The number of aliphatic hydroxyl groups is 2. The molecule has 0 fully saturated rings. The minimum atomic E-state index is -1.07. The van der Waals surface area contributed by atoms with Gasteiger partial charge in [0, 0.05) is 11.1 Å². The van der Waals surface area contributed by atoms with Crippen molar-refractivity contribution in [3.63, 3.8) is 0 Å². The minimum absolute atomic E-state index is 0.0199. The van der Waals surface area contributed by atoms with Crippen LogP contribution in [0.3, 0.4) is 0 Å². The zero-order chi connectivity index (χ0) is 13.7. The molecule has 3 heteroatoms. The summed E-state index contributed by atoms with van der Waals surface area (Å²) in [6, 6.07) is 16.3. The molecular formula is C16H16O3. The lowest BCUT2D eigenvalue weighted by atomic mass is 10.1. The smallest absolute Gasteiger partial charge is 0.224 e. The Morgan fingerprint density at radius 3 is 2.26 bits per heavy atom. The van der Waals surface area contributed by atoms with Gasteiger partial charge in [-0.05, 0) is 5.56 Å². The maximum atomic E-state index is 9.97. The van der Waals surface area contributed by atoms with E-state index < -0.39 is 6.29 Å². The highest BCUT2D eigenvalue weighted by atomic mass is 16.6. The highest BCUT2D eigenvalue weighted by molar-refractivity contribution is 5.57. The van der Waals surface area contributed by atoms with Gasteiger partial charge in [-0.1, -0.05) is 61.2 Å². The maximum absolute atomic E-state index is 9.97. The van der Waals surface area contributed by atoms with Gasteiger partial charge in [-0.15, -0.1) is 0 Å². The molecule has 98 valence electrons. The van der Waals surface area contributed by atoms with Gasteiger partial charge in [0.25, 0.3) is 0 Å². The van der Waals surface area contributed by atoms with E-state index in [-0.39, 0.29) is 6.61 Å². The first-order valence-corrected chi connectivity index (χ1v) is 5.99. The van der Waals surface area contributed by atoms with Gasteiger partial charge in [0.15, 0.2) is 0 Å². The number of hydrogen-bond donors (Lipinski definition) is 2. The number of benzene rings is 2. The van der Waals surface area contributed by atoms with E-state index in [0.717, 1.165) is 11.1 Å². The van der Waals surface area contributed by atoms with Crippen molar-refractivity contribution in [1.29, 1.82) is 0 Å². The molecule has 3 nitrogen and oxygen atoms in total. The van der Waals surface area contributed by atoms with E-state index in [0.29, 0.717) is 11.3 Å². The first-order valence-electron chi connectivity index (χ1n) is 5.99. The van der Waals surface area contributed by atoms with Crippen molar-refractivity contribution in [2.75, 3.05) is 0 Å². The minimum Gasteiger partial charge on any atom is -0.461 e. The van der Waals surface area contributed by atoms with Gasteiger partial charge < -0.3 is 14.9 Å². The average molecular weight is 256 g/mol. The molecule has 0 aromatic heterocycles. The van der Waals surface area contributed by atoms with Gasteiger partial charge in [0.1, 0.15) is 5.76 Å². The fraction of sp³-hybridized carbons (Fsp3) is 0.125. The van der Waals surface area contributed by atoms with Crippen molar-refractivity contribution in [2.24, 2.45) is 0 Å². The summed E-state index contributed by atoms with van der Waals surface area (Å²) in [4.78, 5) is 0. The summed E-state index contributed by atoms with van der Waals surface area (Å²) in [5.74, 6) is 0.416. The summed E-state index contributed by atoms with van der Waals surface area (Å²) in [5.41, 5.74) is 2.24. The number of ether oxygens (including phenoxy) is 1. The standard InChI is InChI=1S/C16H16O3/c1-12(14-5-3-2-4-6-14)19-16(18)15-9-7-13(11-17)8-10-15/h2-10,16-18H,1,11H2. The molecule has 2 aromatic rings. The summed E-state index contributed by atoms with van der Waals surface area (Å²) in [7, 11) is 0. The molecule has 1 atom stereocenters. The molecule has 2 rings (SSSR count). The molecule has 0 bridgehead atoms. The molecule has 2 aromatic carbocycles. The van der Waals surface area contributed by atoms with Crippen molar-refractivity contribution in [3.05, 3.63) is 77.9 Å². The van der Waals surface area contributed by atoms with E-state index in [2.05, 4.69) is 6.58 Å². The van der Waals surface area contributed by atoms with Crippen LogP contribution in [0.25, 0.3) is 5.76 Å². The Kier molecular flexibility index (Phi) is 4.34. The van der Waals surface area contributed by atoms with Gasteiger partial charge in [-0.25, -0.2) is 0 Å². The second-order valence-corrected chi connectivity index (χ2v) is 4.16. The van der Waals surface area contributed by atoms with Crippen molar-refractivity contribution >= 4 is 5.76 Å². The highest BCUT2D eigenvalue weighted by Crippen LogP contribution is 2.23. The molecule has 0 saturated heterocycles. The van der Waals surface area contributed by atoms with Crippen LogP contribution in [0.1, 0.15) is 23.0 Å². The summed E-state index contributed by atoms with van der Waals surface area (Å²) in [6.07, 6.45) is -1.07. The lowest BCUT2D eigenvalue weighted by molar-refractivity contribution is -0.0411. The van der Waals surface area contributed by atoms with Crippen LogP contribution < -0.4 is 0 Å². The molecule has 0 amide bonds. The van der Waals surface area contributed by atoms with Gasteiger partial charge in [-0.2, -0.15) is 0 Å². The molecule has 0 radical (unpaired) electrons. The monoisotopic (exact) mass is 256 g/mol. The first-order chi connectivity index (χ1) is 9.20. The summed E-state index contributed by atoms with van der Waals surface area (Å²) < 4.78 is 5.39. The maximum Gasteiger partial charge on any atom is 0.224 e. The Hall–Kier alpha value is -2.10. The van der Waals surface area contributed by atoms with Gasteiger partial charge in [-0.3, -0.25) is 0 Å². The number of aliphatic hydroxyl groups excluding tert-OH is 2. The third-order valence-electron chi connectivity index (χ3n) is 2.80. The van der Waals surface area contributed by atoms with E-state index in [1.54, 1.807) is 24.3 Å². The SMILES string of the molecule is C=C(OC(O)c1ccc(CO)cc1)c1ccccc1. The summed E-state index contributed by atoms with van der Waals surface area (Å²) in [5, 5.41) is 18.9. The Bertz CT molecular complexity index is 532. The lowest BCUT2D eigenvalue weighted by Gasteiger charge is -2.16. The fourth-order valence-electron chi connectivity index (χ4n) is 1.68. The average Bonchev–Trinajstić information content (AvgIpc) is 2.48. The van der Waals surface area contributed by atoms with Crippen LogP contribution in [0.5, 0.6) is 0 Å². The van der Waals surface area contributed by atoms with E-state index in [1.165, 1.54) is 0 Å². The van der Waals surface area contributed by atoms with E-state index in [1.807, 2.05) is 30.3 Å². The van der Waals surface area contributed by atoms with Crippen LogP contribution in [0.4, 0.5) is 0 Å². The molecule has 2 N–H and O–H groups in total. The van der Waals surface area contributed by atoms with Crippen LogP contribution >= 0.6 is 0 Å². The number of rotatable bonds is 5. The highest BCUT2D eigenvalue weighted by Gasteiger charge is 2.10. The van der Waals surface area contributed by atoms with Gasteiger partial charge in [0.2, 0.25) is 6.29 Å². The van der Waals surface area contributed by atoms with Crippen molar-refractivity contribution in [1.82, 2.24) is 0 Å². The topological polar surface area (TPSA) is 49.7 Å². The first kappa shape index (κ1) is 13.3. The van der Waals surface area contributed by atoms with Gasteiger partial charge in [0.05, 0.1) is 6.61 Å². The third-order valence-corrected chi connectivity index (χ3v) is 2.80. The largest absolute Gasteiger partial charge is 0.461 e. The van der Waals surface area contributed by atoms with Crippen molar-refractivity contribution in [3.8, 4) is 0 Å². The Morgan fingerprint density at radius 2 is 1.68 bits per heavy atom. The quantitative estimate of drug-likeness (QED) is 0.639. The lowest BCUT2D eigenvalue weighted by Crippen LogP contribution is -2.02. The molecule has 1 unspecified atom stereocenters. The van der Waals surface area contributed by atoms with E-state index in [4.69, 9.17) is 9.84 Å². The zero-order valence-electron chi connectivity index (χ0n) is 10.5. The fourth-order valence-corrected chi connectivity index (χ4v) is 1.68. The second kappa shape index (κ2) is 6.18. The van der Waals surface area contributed by atoms with E-state index in [9.17, 15) is 5.11 Å². The third kappa shape index (κ3) is 3.44. The van der Waals surface area contributed by atoms with Crippen LogP contribution in [0.15, 0.2) is 61.2 Å². The van der Waals surface area contributed by atoms with E-state index >= 15 is 0 Å². The predicted octanol–water partition coefficient (Wildman–Crippen LogP) is 2.86. The Labute approximate surface area is 112 Å². The molecule has 0 saturated carbocycles.